The van der Waals surface area contributed by atoms with Crippen molar-refractivity contribution >= 4 is 11.9 Å². The van der Waals surface area contributed by atoms with Gasteiger partial charge in [-0.3, -0.25) is 9.59 Å². The molecule has 0 aromatic heterocycles. The van der Waals surface area contributed by atoms with Gasteiger partial charge in [-0.2, -0.15) is 0 Å². The molecule has 0 spiro atoms. The lowest BCUT2D eigenvalue weighted by molar-refractivity contribution is -0.151. The van der Waals surface area contributed by atoms with E-state index >= 15 is 0 Å². The summed E-state index contributed by atoms with van der Waals surface area (Å²) in [6, 6.07) is -0.736. The highest BCUT2D eigenvalue weighted by molar-refractivity contribution is 5.77. The van der Waals surface area contributed by atoms with Crippen LogP contribution in [0.25, 0.3) is 0 Å². The Labute approximate surface area is 406 Å². The maximum absolute atomic E-state index is 13.2. The molecule has 0 aromatic rings. The summed E-state index contributed by atoms with van der Waals surface area (Å²) in [5.74, 6) is -0.596. The van der Waals surface area contributed by atoms with E-state index in [-0.39, 0.29) is 24.9 Å². The fraction of sp³-hybridized carbons (Fsp3) is 0.633. The van der Waals surface area contributed by atoms with Gasteiger partial charge in [0.25, 0.3) is 0 Å². The second-order valence-corrected chi connectivity index (χ2v) is 17.7. The van der Waals surface area contributed by atoms with E-state index in [0.29, 0.717) is 25.7 Å². The van der Waals surface area contributed by atoms with Crippen LogP contribution >= 0.6 is 0 Å². The van der Waals surface area contributed by atoms with E-state index in [0.717, 1.165) is 96.3 Å². The minimum Gasteiger partial charge on any atom is -0.462 e. The van der Waals surface area contributed by atoms with Crippen LogP contribution in [0.1, 0.15) is 220 Å². The summed E-state index contributed by atoms with van der Waals surface area (Å²) in [5, 5.41) is 23.8. The smallest absolute Gasteiger partial charge is 0.306 e. The number of aliphatic hydroxyl groups excluding tert-OH is 2. The zero-order valence-electron chi connectivity index (χ0n) is 42.5. The molecule has 0 heterocycles. The Hall–Kier alpha value is -3.74. The van der Waals surface area contributed by atoms with E-state index in [1.807, 2.05) is 36.5 Å². The molecule has 6 heteroatoms. The van der Waals surface area contributed by atoms with Crippen LogP contribution in [0.15, 0.2) is 122 Å². The molecule has 0 bridgehead atoms. The Bertz CT molecular complexity index is 1390. The first-order valence-electron chi connectivity index (χ1n) is 26.8. The first-order valence-corrected chi connectivity index (χ1v) is 26.8. The number of esters is 1. The molecule has 0 rings (SSSR count). The third-order valence-corrected chi connectivity index (χ3v) is 11.4. The molecule has 3 unspecified atom stereocenters. The Balaban J connectivity index is 4.79. The lowest BCUT2D eigenvalue weighted by Crippen LogP contribution is -2.46. The molecule has 0 aliphatic heterocycles. The summed E-state index contributed by atoms with van der Waals surface area (Å²) in [6.07, 6.45) is 72.5. The summed E-state index contributed by atoms with van der Waals surface area (Å²) in [6.45, 7) is 6.25. The molecule has 3 N–H and O–H groups in total. The average Bonchev–Trinajstić information content (AvgIpc) is 3.31. The highest BCUT2D eigenvalue weighted by Crippen LogP contribution is 2.17. The summed E-state index contributed by atoms with van der Waals surface area (Å²) in [7, 11) is 0. The molecule has 0 aliphatic rings. The van der Waals surface area contributed by atoms with Crippen molar-refractivity contribution < 1.29 is 24.5 Å². The lowest BCUT2D eigenvalue weighted by Gasteiger charge is -2.24. The molecule has 0 aromatic carbocycles. The number of nitrogens with one attached hydrogen (secondary N) is 1. The number of carbonyl (C=O) groups is 2. The van der Waals surface area contributed by atoms with Gasteiger partial charge in [-0.1, -0.05) is 245 Å². The first kappa shape index (κ1) is 62.3. The summed E-state index contributed by atoms with van der Waals surface area (Å²) < 4.78 is 5.90. The number of unbranched alkanes of at least 4 members (excludes halogenated alkanes) is 18. The molecule has 3 atom stereocenters. The molecule has 66 heavy (non-hydrogen) atoms. The van der Waals surface area contributed by atoms with Crippen LogP contribution < -0.4 is 5.32 Å². The Kier molecular flexibility index (Phi) is 49.3. The fourth-order valence-corrected chi connectivity index (χ4v) is 7.38. The van der Waals surface area contributed by atoms with Crippen LogP contribution in [-0.4, -0.2) is 46.9 Å². The van der Waals surface area contributed by atoms with Gasteiger partial charge >= 0.3 is 5.97 Å². The van der Waals surface area contributed by atoms with Crippen molar-refractivity contribution in [2.45, 2.75) is 238 Å². The SMILES string of the molecule is CC/C=C\C/C=C\C/C=C\C/C=C\C/C=C\CCCC(=O)OC(CCCCC/C=C/C=C/C=C/C=C/C=C/CCC)CC(=O)NC(CO)C(O)CCCCCCCCCCCCCCCC. The van der Waals surface area contributed by atoms with Crippen LogP contribution in [0.2, 0.25) is 0 Å². The number of rotatable bonds is 46. The van der Waals surface area contributed by atoms with Crippen molar-refractivity contribution in [2.24, 2.45) is 0 Å². The Morgan fingerprint density at radius 1 is 0.470 bits per heavy atom. The largest absolute Gasteiger partial charge is 0.462 e. The van der Waals surface area contributed by atoms with E-state index in [1.54, 1.807) is 0 Å². The van der Waals surface area contributed by atoms with Crippen molar-refractivity contribution in [3.8, 4) is 0 Å². The van der Waals surface area contributed by atoms with Crippen LogP contribution in [0, 0.1) is 0 Å². The van der Waals surface area contributed by atoms with Crippen LogP contribution in [0.4, 0.5) is 0 Å². The molecule has 0 saturated heterocycles. The number of aliphatic hydroxyl groups is 2. The van der Waals surface area contributed by atoms with Gasteiger partial charge in [0.2, 0.25) is 5.91 Å². The minimum absolute atomic E-state index is 0.0189. The monoisotopic (exact) mass is 914 g/mol. The number of ether oxygens (including phenoxy) is 1. The number of allylic oxidation sites excluding steroid dienone is 20. The summed E-state index contributed by atoms with van der Waals surface area (Å²) >= 11 is 0. The Morgan fingerprint density at radius 3 is 1.42 bits per heavy atom. The molecule has 0 fully saturated rings. The van der Waals surface area contributed by atoms with Crippen molar-refractivity contribution in [3.63, 3.8) is 0 Å². The van der Waals surface area contributed by atoms with Crippen molar-refractivity contribution in [3.05, 3.63) is 122 Å². The number of carbonyl (C=O) groups excluding carboxylic acids is 2. The van der Waals surface area contributed by atoms with Crippen LogP contribution in [-0.2, 0) is 14.3 Å². The predicted molar refractivity (Wildman–Crippen MR) is 286 cm³/mol. The molecule has 6 nitrogen and oxygen atoms in total. The van der Waals surface area contributed by atoms with E-state index < -0.39 is 18.2 Å². The van der Waals surface area contributed by atoms with Gasteiger partial charge in [0.15, 0.2) is 0 Å². The third-order valence-electron chi connectivity index (χ3n) is 11.4. The van der Waals surface area contributed by atoms with Crippen LogP contribution in [0.3, 0.4) is 0 Å². The molecule has 1 amide bonds. The van der Waals surface area contributed by atoms with Gasteiger partial charge < -0.3 is 20.3 Å². The van der Waals surface area contributed by atoms with Crippen molar-refractivity contribution in [1.82, 2.24) is 5.32 Å². The summed E-state index contributed by atoms with van der Waals surface area (Å²) in [4.78, 5) is 26.2. The second-order valence-electron chi connectivity index (χ2n) is 17.7. The highest BCUT2D eigenvalue weighted by atomic mass is 16.5. The molecule has 0 aliphatic carbocycles. The minimum atomic E-state index is -0.818. The predicted octanol–water partition coefficient (Wildman–Crippen LogP) is 16.5. The number of hydrogen-bond acceptors (Lipinski definition) is 5. The maximum atomic E-state index is 13.2. The molecule has 0 saturated carbocycles. The van der Waals surface area contributed by atoms with Gasteiger partial charge in [0.05, 0.1) is 25.2 Å². The van der Waals surface area contributed by atoms with E-state index in [2.05, 4.69) is 111 Å². The first-order chi connectivity index (χ1) is 32.5. The highest BCUT2D eigenvalue weighted by Gasteiger charge is 2.24. The van der Waals surface area contributed by atoms with Gasteiger partial charge in [-0.05, 0) is 83.5 Å². The molecule has 0 radical (unpaired) electrons. The number of hydrogen-bond donors (Lipinski definition) is 3. The van der Waals surface area contributed by atoms with Gasteiger partial charge in [-0.25, -0.2) is 0 Å². The average molecular weight is 914 g/mol. The van der Waals surface area contributed by atoms with Gasteiger partial charge in [0, 0.05) is 6.42 Å². The van der Waals surface area contributed by atoms with Gasteiger partial charge in [0.1, 0.15) is 6.10 Å². The van der Waals surface area contributed by atoms with Crippen LogP contribution in [0.5, 0.6) is 0 Å². The zero-order valence-corrected chi connectivity index (χ0v) is 42.5. The molecule has 374 valence electrons. The standard InChI is InChI=1S/C60H99NO5/c1-4-7-10-13-16-19-22-25-28-30-32-35-38-41-44-47-50-53-60(65)66-56(51-48-45-42-39-36-33-31-29-26-23-20-17-14-11-8-5-2)54-59(64)61-57(55-62)58(63)52-49-46-43-40-37-34-27-24-21-18-15-12-9-6-3/h7,10-11,14,16-17,19-20,23,25-26,28-29,31-33,35-36,41,44,56-58,62-63H,4-6,8-9,12-13,15,18,21-22,24,27,30,34,37-40,42-43,45-55H2,1-3H3,(H,61,64)/b10-7-,14-11+,19-16-,20-17+,26-23+,28-25-,31-29+,35-32-,36-33+,44-41-. The lowest BCUT2D eigenvalue weighted by atomic mass is 10.0. The van der Waals surface area contributed by atoms with Gasteiger partial charge in [-0.15, -0.1) is 0 Å². The van der Waals surface area contributed by atoms with E-state index in [4.69, 9.17) is 4.74 Å². The zero-order chi connectivity index (χ0) is 48.1. The topological polar surface area (TPSA) is 95.9 Å². The fourth-order valence-electron chi connectivity index (χ4n) is 7.38. The second kappa shape index (κ2) is 52.2. The van der Waals surface area contributed by atoms with Crippen molar-refractivity contribution in [1.29, 1.82) is 0 Å². The van der Waals surface area contributed by atoms with Crippen molar-refractivity contribution in [2.75, 3.05) is 6.61 Å². The number of amides is 1. The van der Waals surface area contributed by atoms with E-state index in [1.165, 1.54) is 70.6 Å². The van der Waals surface area contributed by atoms with E-state index in [9.17, 15) is 19.8 Å². The quantitative estimate of drug-likeness (QED) is 0.0245. The normalized spacial score (nSPS) is 14.2. The Morgan fingerprint density at radius 2 is 0.909 bits per heavy atom. The summed E-state index contributed by atoms with van der Waals surface area (Å²) in [5.41, 5.74) is 0. The molecular weight excluding hydrogens is 815 g/mol. The maximum Gasteiger partial charge on any atom is 0.306 e. The third kappa shape index (κ3) is 46.8. The molecular formula is C60H99NO5.